The largest absolute Gasteiger partial charge is 0.314 e. The molecule has 0 aromatic heterocycles. The molecule has 2 aliphatic rings. The van der Waals surface area contributed by atoms with Gasteiger partial charge >= 0.3 is 0 Å². The van der Waals surface area contributed by atoms with Gasteiger partial charge in [0.25, 0.3) is 0 Å². The van der Waals surface area contributed by atoms with Crippen molar-refractivity contribution in [1.82, 2.24) is 5.32 Å². The fourth-order valence-corrected chi connectivity index (χ4v) is 1.77. The normalized spacial score (nSPS) is 26.2. The molecule has 11 heavy (non-hydrogen) atoms. The number of nitrogens with one attached hydrogen (secondary N) is 1. The highest BCUT2D eigenvalue weighted by atomic mass is 14.9. The molecular formula is C10H18N. The average molecular weight is 152 g/mol. The Morgan fingerprint density at radius 2 is 2.09 bits per heavy atom. The van der Waals surface area contributed by atoms with Crippen LogP contribution in [0.1, 0.15) is 38.5 Å². The molecule has 0 saturated heterocycles. The summed E-state index contributed by atoms with van der Waals surface area (Å²) < 4.78 is 0. The van der Waals surface area contributed by atoms with Gasteiger partial charge in [0, 0.05) is 6.04 Å². The zero-order chi connectivity index (χ0) is 7.52. The highest BCUT2D eigenvalue weighted by Crippen LogP contribution is 2.29. The summed E-state index contributed by atoms with van der Waals surface area (Å²) in [6.45, 7) is 1.27. The van der Waals surface area contributed by atoms with E-state index in [9.17, 15) is 0 Å². The molecule has 63 valence electrons. The van der Waals surface area contributed by atoms with Crippen LogP contribution in [0.2, 0.25) is 0 Å². The van der Waals surface area contributed by atoms with Crippen LogP contribution in [0.3, 0.4) is 0 Å². The summed E-state index contributed by atoms with van der Waals surface area (Å²) in [6, 6.07) is 0.843. The fraction of sp³-hybridized carbons (Fsp3) is 0.900. The zero-order valence-electron chi connectivity index (χ0n) is 7.18. The summed E-state index contributed by atoms with van der Waals surface area (Å²) in [6.07, 6.45) is 10.9. The van der Waals surface area contributed by atoms with E-state index in [2.05, 4.69) is 11.7 Å². The van der Waals surface area contributed by atoms with Crippen LogP contribution in [-0.4, -0.2) is 12.6 Å². The van der Waals surface area contributed by atoms with Crippen molar-refractivity contribution < 1.29 is 0 Å². The predicted molar refractivity (Wildman–Crippen MR) is 47.3 cm³/mol. The lowest BCUT2D eigenvalue weighted by Crippen LogP contribution is -2.37. The molecule has 0 unspecified atom stereocenters. The van der Waals surface area contributed by atoms with Crippen molar-refractivity contribution in [3.8, 4) is 0 Å². The van der Waals surface area contributed by atoms with Crippen molar-refractivity contribution in [3.05, 3.63) is 6.42 Å². The van der Waals surface area contributed by atoms with Gasteiger partial charge < -0.3 is 5.32 Å². The van der Waals surface area contributed by atoms with Crippen LogP contribution in [-0.2, 0) is 0 Å². The summed E-state index contributed by atoms with van der Waals surface area (Å²) in [5.74, 6) is 1.08. The highest BCUT2D eigenvalue weighted by Gasteiger charge is 2.19. The SMILES string of the molecule is [CH]1CC(NCCC2CCC2)C1. The van der Waals surface area contributed by atoms with E-state index in [-0.39, 0.29) is 0 Å². The Morgan fingerprint density at radius 3 is 2.55 bits per heavy atom. The lowest BCUT2D eigenvalue weighted by Gasteiger charge is -2.29. The third-order valence-electron chi connectivity index (χ3n) is 3.11. The number of hydrogen-bond acceptors (Lipinski definition) is 1. The predicted octanol–water partition coefficient (Wildman–Crippen LogP) is 2.13. The Morgan fingerprint density at radius 1 is 1.27 bits per heavy atom. The van der Waals surface area contributed by atoms with Crippen LogP contribution in [0.5, 0.6) is 0 Å². The lowest BCUT2D eigenvalue weighted by atomic mass is 9.83. The van der Waals surface area contributed by atoms with E-state index in [4.69, 9.17) is 0 Å². The Balaban J connectivity index is 1.46. The van der Waals surface area contributed by atoms with Crippen molar-refractivity contribution in [2.24, 2.45) is 5.92 Å². The molecule has 1 N–H and O–H groups in total. The maximum absolute atomic E-state index is 3.59. The van der Waals surface area contributed by atoms with E-state index in [1.165, 1.54) is 45.1 Å². The molecule has 0 aromatic rings. The molecule has 2 rings (SSSR count). The topological polar surface area (TPSA) is 12.0 Å². The minimum Gasteiger partial charge on any atom is -0.314 e. The minimum absolute atomic E-state index is 0.843. The van der Waals surface area contributed by atoms with Crippen molar-refractivity contribution in [2.75, 3.05) is 6.54 Å². The summed E-state index contributed by atoms with van der Waals surface area (Å²) in [5.41, 5.74) is 0. The van der Waals surface area contributed by atoms with E-state index < -0.39 is 0 Å². The van der Waals surface area contributed by atoms with Gasteiger partial charge in [-0.05, 0) is 38.1 Å². The van der Waals surface area contributed by atoms with Gasteiger partial charge in [-0.2, -0.15) is 0 Å². The Bertz CT molecular complexity index is 100. The minimum atomic E-state index is 0.843. The van der Waals surface area contributed by atoms with E-state index >= 15 is 0 Å². The van der Waals surface area contributed by atoms with Gasteiger partial charge in [-0.3, -0.25) is 0 Å². The van der Waals surface area contributed by atoms with E-state index in [0.29, 0.717) is 0 Å². The summed E-state index contributed by atoms with van der Waals surface area (Å²) in [4.78, 5) is 0. The van der Waals surface area contributed by atoms with Gasteiger partial charge in [0.15, 0.2) is 0 Å². The molecule has 0 amide bonds. The number of rotatable bonds is 4. The number of hydrogen-bond donors (Lipinski definition) is 1. The van der Waals surface area contributed by atoms with Gasteiger partial charge in [0.2, 0.25) is 0 Å². The van der Waals surface area contributed by atoms with Crippen molar-refractivity contribution in [2.45, 2.75) is 44.6 Å². The molecule has 0 aromatic carbocycles. The molecule has 2 aliphatic carbocycles. The first-order valence-electron chi connectivity index (χ1n) is 5.00. The monoisotopic (exact) mass is 152 g/mol. The van der Waals surface area contributed by atoms with E-state index in [1.54, 1.807) is 0 Å². The second-order valence-corrected chi connectivity index (χ2v) is 4.00. The van der Waals surface area contributed by atoms with Crippen LogP contribution in [0.4, 0.5) is 0 Å². The van der Waals surface area contributed by atoms with Gasteiger partial charge in [-0.25, -0.2) is 0 Å². The quantitative estimate of drug-likeness (QED) is 0.650. The third-order valence-corrected chi connectivity index (χ3v) is 3.11. The molecule has 1 radical (unpaired) electrons. The molecule has 2 fully saturated rings. The van der Waals surface area contributed by atoms with Crippen LogP contribution < -0.4 is 5.32 Å². The first-order valence-corrected chi connectivity index (χ1v) is 5.00. The standard InChI is InChI=1S/C10H18N/c1-3-9(4-1)7-8-11-10-5-2-6-10/h2,9-11H,1,3-8H2. The Kier molecular flexibility index (Phi) is 2.47. The molecule has 0 spiro atoms. The fourth-order valence-electron chi connectivity index (χ4n) is 1.77. The third kappa shape index (κ3) is 1.96. The lowest BCUT2D eigenvalue weighted by molar-refractivity contribution is 0.281. The molecule has 1 heteroatoms. The molecule has 1 nitrogen and oxygen atoms in total. The smallest absolute Gasteiger partial charge is 0.00725 e. The highest BCUT2D eigenvalue weighted by molar-refractivity contribution is 4.90. The van der Waals surface area contributed by atoms with Crippen molar-refractivity contribution >= 4 is 0 Å². The molecule has 0 heterocycles. The van der Waals surface area contributed by atoms with Crippen LogP contribution >= 0.6 is 0 Å². The maximum Gasteiger partial charge on any atom is 0.00725 e. The van der Waals surface area contributed by atoms with E-state index in [1.807, 2.05) is 0 Å². The van der Waals surface area contributed by atoms with Gasteiger partial charge in [0.05, 0.1) is 0 Å². The van der Waals surface area contributed by atoms with E-state index in [0.717, 1.165) is 12.0 Å². The zero-order valence-corrected chi connectivity index (χ0v) is 7.18. The first-order chi connectivity index (χ1) is 5.45. The Labute approximate surface area is 69.6 Å². The van der Waals surface area contributed by atoms with Crippen molar-refractivity contribution in [1.29, 1.82) is 0 Å². The van der Waals surface area contributed by atoms with Gasteiger partial charge in [0.1, 0.15) is 0 Å². The second kappa shape index (κ2) is 3.57. The van der Waals surface area contributed by atoms with Gasteiger partial charge in [-0.1, -0.05) is 19.3 Å². The van der Waals surface area contributed by atoms with Crippen LogP contribution in [0.15, 0.2) is 0 Å². The first kappa shape index (κ1) is 7.60. The summed E-state index contributed by atoms with van der Waals surface area (Å²) in [7, 11) is 0. The molecular weight excluding hydrogens is 134 g/mol. The summed E-state index contributed by atoms with van der Waals surface area (Å²) in [5, 5.41) is 3.59. The van der Waals surface area contributed by atoms with Crippen LogP contribution in [0.25, 0.3) is 0 Å². The van der Waals surface area contributed by atoms with Crippen LogP contribution in [0, 0.1) is 12.3 Å². The molecule has 0 bridgehead atoms. The maximum atomic E-state index is 3.59. The molecule has 0 aliphatic heterocycles. The molecule has 0 atom stereocenters. The average Bonchev–Trinajstić information content (AvgIpc) is 1.79. The van der Waals surface area contributed by atoms with Gasteiger partial charge in [-0.15, -0.1) is 0 Å². The molecule has 2 saturated carbocycles. The second-order valence-electron chi connectivity index (χ2n) is 4.00. The Hall–Kier alpha value is -0.0400. The summed E-state index contributed by atoms with van der Waals surface area (Å²) >= 11 is 0. The van der Waals surface area contributed by atoms with Crippen molar-refractivity contribution in [3.63, 3.8) is 0 Å².